The van der Waals surface area contributed by atoms with Gasteiger partial charge < -0.3 is 9.72 Å². The van der Waals surface area contributed by atoms with Gasteiger partial charge in [0.25, 0.3) is 0 Å². The third-order valence-electron chi connectivity index (χ3n) is 2.11. The van der Waals surface area contributed by atoms with Crippen LogP contribution in [0.4, 0.5) is 0 Å². The van der Waals surface area contributed by atoms with Crippen LogP contribution in [0.25, 0.3) is 10.9 Å². The lowest BCUT2D eigenvalue weighted by molar-refractivity contribution is 0.325. The van der Waals surface area contributed by atoms with E-state index in [1.807, 2.05) is 37.4 Å². The Morgan fingerprint density at radius 2 is 2.29 bits per heavy atom. The second-order valence-electron chi connectivity index (χ2n) is 3.04. The van der Waals surface area contributed by atoms with Crippen LogP contribution < -0.4 is 0 Å². The second-order valence-corrected chi connectivity index (χ2v) is 3.04. The molecular formula is C11H12N2O. The van der Waals surface area contributed by atoms with Crippen molar-refractivity contribution in [3.8, 4) is 0 Å². The molecule has 1 heterocycles. The van der Waals surface area contributed by atoms with Crippen LogP contribution in [-0.4, -0.2) is 17.5 Å². The molecule has 3 heteroatoms. The predicted octanol–water partition coefficient (Wildman–Crippen LogP) is 2.53. The molecule has 0 atom stereocenters. The van der Waals surface area contributed by atoms with Crippen LogP contribution in [0.3, 0.4) is 0 Å². The summed E-state index contributed by atoms with van der Waals surface area (Å²) in [6.45, 7) is 2.41. The molecule has 14 heavy (non-hydrogen) atoms. The molecule has 2 N–H and O–H groups in total. The highest BCUT2D eigenvalue weighted by Crippen LogP contribution is 2.14. The summed E-state index contributed by atoms with van der Waals surface area (Å²) in [7, 11) is 0. The summed E-state index contributed by atoms with van der Waals surface area (Å²) in [6, 6.07) is 7.81. The van der Waals surface area contributed by atoms with Crippen molar-refractivity contribution >= 4 is 16.8 Å². The molecule has 0 aliphatic rings. The zero-order chi connectivity index (χ0) is 9.97. The molecule has 0 spiro atoms. The molecular weight excluding hydrogens is 176 g/mol. The van der Waals surface area contributed by atoms with E-state index in [-0.39, 0.29) is 5.90 Å². The zero-order valence-electron chi connectivity index (χ0n) is 8.00. The highest BCUT2D eigenvalue weighted by Gasteiger charge is 2.02. The Morgan fingerprint density at radius 1 is 1.43 bits per heavy atom. The van der Waals surface area contributed by atoms with Gasteiger partial charge in [-0.15, -0.1) is 0 Å². The van der Waals surface area contributed by atoms with Gasteiger partial charge in [-0.05, 0) is 30.5 Å². The molecule has 0 amide bonds. The van der Waals surface area contributed by atoms with Crippen LogP contribution in [0.1, 0.15) is 12.5 Å². The number of H-pyrrole nitrogens is 1. The number of aromatic nitrogens is 1. The first kappa shape index (κ1) is 8.81. The molecule has 72 valence electrons. The summed E-state index contributed by atoms with van der Waals surface area (Å²) in [6.07, 6.45) is 1.89. The Hall–Kier alpha value is -1.77. The maximum Gasteiger partial charge on any atom is 0.213 e. The van der Waals surface area contributed by atoms with Crippen LogP contribution in [-0.2, 0) is 4.74 Å². The fourth-order valence-electron chi connectivity index (χ4n) is 1.42. The fourth-order valence-corrected chi connectivity index (χ4v) is 1.42. The Balaban J connectivity index is 2.38. The van der Waals surface area contributed by atoms with Crippen molar-refractivity contribution in [3.05, 3.63) is 36.0 Å². The van der Waals surface area contributed by atoms with Crippen LogP contribution in [0, 0.1) is 5.41 Å². The summed E-state index contributed by atoms with van der Waals surface area (Å²) < 4.78 is 5.12. The smallest absolute Gasteiger partial charge is 0.213 e. The Bertz CT molecular complexity index is 459. The minimum absolute atomic E-state index is 0.226. The number of fused-ring (bicyclic) bond motifs is 1. The molecule has 0 saturated carbocycles. The van der Waals surface area contributed by atoms with E-state index in [4.69, 9.17) is 10.1 Å². The third kappa shape index (κ3) is 1.48. The molecule has 2 rings (SSSR count). The number of benzene rings is 1. The van der Waals surface area contributed by atoms with Crippen molar-refractivity contribution in [1.82, 2.24) is 4.98 Å². The maximum absolute atomic E-state index is 7.62. The zero-order valence-corrected chi connectivity index (χ0v) is 8.00. The van der Waals surface area contributed by atoms with Crippen LogP contribution >= 0.6 is 0 Å². The van der Waals surface area contributed by atoms with E-state index >= 15 is 0 Å². The summed E-state index contributed by atoms with van der Waals surface area (Å²) in [5.74, 6) is 0.226. The quantitative estimate of drug-likeness (QED) is 0.552. The Morgan fingerprint density at radius 3 is 3.07 bits per heavy atom. The highest BCUT2D eigenvalue weighted by molar-refractivity contribution is 5.95. The van der Waals surface area contributed by atoms with E-state index in [1.54, 1.807) is 0 Å². The van der Waals surface area contributed by atoms with Gasteiger partial charge >= 0.3 is 0 Å². The Kier molecular flexibility index (Phi) is 2.23. The minimum atomic E-state index is 0.226. The van der Waals surface area contributed by atoms with Crippen LogP contribution in [0.15, 0.2) is 30.5 Å². The first-order valence-corrected chi connectivity index (χ1v) is 4.60. The number of ether oxygens (including phenoxy) is 1. The lowest BCUT2D eigenvalue weighted by Gasteiger charge is -2.04. The van der Waals surface area contributed by atoms with Crippen molar-refractivity contribution < 1.29 is 4.74 Å². The van der Waals surface area contributed by atoms with Crippen molar-refractivity contribution in [1.29, 1.82) is 5.41 Å². The number of hydrogen-bond acceptors (Lipinski definition) is 2. The monoisotopic (exact) mass is 188 g/mol. The van der Waals surface area contributed by atoms with Gasteiger partial charge in [0, 0.05) is 17.3 Å². The van der Waals surface area contributed by atoms with Gasteiger partial charge in [0.15, 0.2) is 0 Å². The second kappa shape index (κ2) is 3.54. The summed E-state index contributed by atoms with van der Waals surface area (Å²) in [5, 5.41) is 8.77. The predicted molar refractivity (Wildman–Crippen MR) is 56.8 cm³/mol. The van der Waals surface area contributed by atoms with Gasteiger partial charge in [-0.2, -0.15) is 0 Å². The largest absolute Gasteiger partial charge is 0.478 e. The molecule has 0 aliphatic heterocycles. The molecule has 0 unspecified atom stereocenters. The topological polar surface area (TPSA) is 48.9 Å². The maximum atomic E-state index is 7.62. The van der Waals surface area contributed by atoms with Gasteiger partial charge in [0.2, 0.25) is 5.90 Å². The Labute approximate surface area is 82.2 Å². The van der Waals surface area contributed by atoms with Gasteiger partial charge in [-0.1, -0.05) is 6.07 Å². The van der Waals surface area contributed by atoms with Gasteiger partial charge in [0.1, 0.15) is 0 Å². The highest BCUT2D eigenvalue weighted by atomic mass is 16.5. The lowest BCUT2D eigenvalue weighted by atomic mass is 10.1. The van der Waals surface area contributed by atoms with E-state index in [1.165, 1.54) is 0 Å². The summed E-state index contributed by atoms with van der Waals surface area (Å²) >= 11 is 0. The van der Waals surface area contributed by atoms with Crippen molar-refractivity contribution in [2.75, 3.05) is 6.61 Å². The van der Waals surface area contributed by atoms with Crippen molar-refractivity contribution in [3.63, 3.8) is 0 Å². The van der Waals surface area contributed by atoms with E-state index in [0.717, 1.165) is 16.5 Å². The van der Waals surface area contributed by atoms with E-state index in [0.29, 0.717) is 6.61 Å². The molecule has 3 nitrogen and oxygen atoms in total. The minimum Gasteiger partial charge on any atom is -0.478 e. The number of hydrogen-bond donors (Lipinski definition) is 2. The first-order valence-electron chi connectivity index (χ1n) is 4.60. The van der Waals surface area contributed by atoms with Gasteiger partial charge in [-0.25, -0.2) is 0 Å². The molecule has 1 aromatic carbocycles. The van der Waals surface area contributed by atoms with Crippen molar-refractivity contribution in [2.45, 2.75) is 6.92 Å². The van der Waals surface area contributed by atoms with Crippen molar-refractivity contribution in [2.24, 2.45) is 0 Å². The number of aromatic amines is 1. The average Bonchev–Trinajstić information content (AvgIpc) is 2.64. The van der Waals surface area contributed by atoms with E-state index in [2.05, 4.69) is 4.98 Å². The standard InChI is InChI=1S/C11H12N2O/c1-2-14-11(12)9-4-3-8-5-6-13-10(8)7-9/h3-7,12-13H,2H2,1H3. The molecule has 0 radical (unpaired) electrons. The molecule has 2 aromatic rings. The molecule has 0 fully saturated rings. The SMILES string of the molecule is CCOC(=N)c1ccc2cc[nH]c2c1. The first-order chi connectivity index (χ1) is 6.81. The van der Waals surface area contributed by atoms with E-state index < -0.39 is 0 Å². The average molecular weight is 188 g/mol. The molecule has 0 bridgehead atoms. The molecule has 0 aliphatic carbocycles. The van der Waals surface area contributed by atoms with Gasteiger partial charge in [0.05, 0.1) is 6.61 Å². The summed E-state index contributed by atoms with van der Waals surface area (Å²) in [4.78, 5) is 3.10. The molecule has 1 aromatic heterocycles. The lowest BCUT2D eigenvalue weighted by Crippen LogP contribution is -2.04. The number of rotatable bonds is 2. The summed E-state index contributed by atoms with van der Waals surface area (Å²) in [5.41, 5.74) is 1.84. The number of nitrogens with one attached hydrogen (secondary N) is 2. The third-order valence-corrected chi connectivity index (χ3v) is 2.11. The van der Waals surface area contributed by atoms with E-state index in [9.17, 15) is 0 Å². The molecule has 0 saturated heterocycles. The fraction of sp³-hybridized carbons (Fsp3) is 0.182. The van der Waals surface area contributed by atoms with Crippen LogP contribution in [0.5, 0.6) is 0 Å². The normalized spacial score (nSPS) is 10.4. The van der Waals surface area contributed by atoms with Crippen LogP contribution in [0.2, 0.25) is 0 Å². The van der Waals surface area contributed by atoms with Gasteiger partial charge in [-0.3, -0.25) is 5.41 Å².